The van der Waals surface area contributed by atoms with E-state index in [1.165, 1.54) is 24.0 Å². The number of hydrogen-bond donors (Lipinski definition) is 1. The van der Waals surface area contributed by atoms with Crippen LogP contribution in [0.3, 0.4) is 0 Å². The Balaban J connectivity index is 2.22. The minimum absolute atomic E-state index is 0.344. The first-order valence-electron chi connectivity index (χ1n) is 6.44. The molecule has 0 aliphatic rings. The molecule has 2 aromatic rings. The summed E-state index contributed by atoms with van der Waals surface area (Å²) in [6.45, 7) is 6.11. The van der Waals surface area contributed by atoms with Crippen LogP contribution in [0.2, 0.25) is 0 Å². The maximum Gasteiger partial charge on any atom is 0.350 e. The van der Waals surface area contributed by atoms with Crippen molar-refractivity contribution in [3.63, 3.8) is 0 Å². The van der Waals surface area contributed by atoms with Crippen LogP contribution in [-0.2, 0) is 4.74 Å². The highest BCUT2D eigenvalue weighted by Gasteiger charge is 2.15. The van der Waals surface area contributed by atoms with Crippen molar-refractivity contribution in [2.75, 3.05) is 12.4 Å². The lowest BCUT2D eigenvalue weighted by Crippen LogP contribution is -1.99. The number of aromatic nitrogens is 1. The van der Waals surface area contributed by atoms with Gasteiger partial charge in [0.25, 0.3) is 0 Å². The van der Waals surface area contributed by atoms with Crippen molar-refractivity contribution in [1.82, 2.24) is 4.98 Å². The summed E-state index contributed by atoms with van der Waals surface area (Å²) >= 11 is 1.30. The second kappa shape index (κ2) is 6.05. The van der Waals surface area contributed by atoms with Gasteiger partial charge < -0.3 is 10.1 Å². The number of nitrogens with one attached hydrogen (secondary N) is 1. The van der Waals surface area contributed by atoms with Crippen LogP contribution in [0.5, 0.6) is 0 Å². The third kappa shape index (κ3) is 3.17. The molecule has 1 heterocycles. The number of nitrogens with zero attached hydrogens (tertiary/aromatic N) is 1. The number of rotatable bonds is 4. The van der Waals surface area contributed by atoms with Crippen molar-refractivity contribution in [3.05, 3.63) is 40.4 Å². The number of hydrogen-bond acceptors (Lipinski definition) is 5. The molecule has 20 heavy (non-hydrogen) atoms. The molecule has 4 nitrogen and oxygen atoms in total. The lowest BCUT2D eigenvalue weighted by atomic mass is 10.0. The molecule has 0 bridgehead atoms. The van der Waals surface area contributed by atoms with Gasteiger partial charge in [0, 0.05) is 5.69 Å². The Hall–Kier alpha value is -1.88. The van der Waals surface area contributed by atoms with E-state index in [0.717, 1.165) is 5.69 Å². The third-order valence-electron chi connectivity index (χ3n) is 2.97. The largest absolute Gasteiger partial charge is 0.465 e. The van der Waals surface area contributed by atoms with Crippen molar-refractivity contribution in [1.29, 1.82) is 0 Å². The molecule has 0 atom stereocenters. The lowest BCUT2D eigenvalue weighted by molar-refractivity contribution is 0.0605. The van der Waals surface area contributed by atoms with E-state index in [1.807, 2.05) is 12.1 Å². The maximum absolute atomic E-state index is 11.6. The molecule has 1 aromatic heterocycles. The van der Waals surface area contributed by atoms with Gasteiger partial charge >= 0.3 is 5.97 Å². The van der Waals surface area contributed by atoms with Crippen LogP contribution in [0.4, 0.5) is 10.8 Å². The summed E-state index contributed by atoms with van der Waals surface area (Å²) in [5, 5.41) is 3.94. The van der Waals surface area contributed by atoms with E-state index in [0.29, 0.717) is 21.6 Å². The Morgan fingerprint density at radius 3 is 2.80 bits per heavy atom. The van der Waals surface area contributed by atoms with Crippen molar-refractivity contribution in [2.45, 2.75) is 26.7 Å². The summed E-state index contributed by atoms with van der Waals surface area (Å²) in [6.07, 6.45) is 0. The number of carbonyl (C=O) groups is 1. The van der Waals surface area contributed by atoms with Gasteiger partial charge in [-0.15, -0.1) is 0 Å². The SMILES string of the molecule is COC(=O)c1sc(Nc2cccc(C(C)C)c2)nc1C. The van der Waals surface area contributed by atoms with Crippen LogP contribution in [0.15, 0.2) is 24.3 Å². The number of benzene rings is 1. The first kappa shape index (κ1) is 14.5. The second-order valence-electron chi connectivity index (χ2n) is 4.83. The van der Waals surface area contributed by atoms with E-state index in [-0.39, 0.29) is 5.97 Å². The molecule has 0 saturated carbocycles. The maximum atomic E-state index is 11.6. The van der Waals surface area contributed by atoms with Gasteiger partial charge in [-0.05, 0) is 30.5 Å². The number of anilines is 2. The van der Waals surface area contributed by atoms with Gasteiger partial charge in [0.1, 0.15) is 4.88 Å². The summed E-state index contributed by atoms with van der Waals surface area (Å²) < 4.78 is 4.73. The van der Waals surface area contributed by atoms with Crippen LogP contribution in [0.25, 0.3) is 0 Å². The standard InChI is InChI=1S/C15H18N2O2S/c1-9(2)11-6-5-7-12(8-11)17-15-16-10(3)13(20-15)14(18)19-4/h5-9H,1-4H3,(H,16,17). The number of ether oxygens (including phenoxy) is 1. The van der Waals surface area contributed by atoms with Crippen molar-refractivity contribution in [2.24, 2.45) is 0 Å². The molecule has 0 saturated heterocycles. The average molecular weight is 290 g/mol. The smallest absolute Gasteiger partial charge is 0.350 e. The van der Waals surface area contributed by atoms with Gasteiger partial charge in [0.15, 0.2) is 5.13 Å². The van der Waals surface area contributed by atoms with Gasteiger partial charge in [-0.3, -0.25) is 0 Å². The third-order valence-corrected chi connectivity index (χ3v) is 4.02. The van der Waals surface area contributed by atoms with E-state index in [4.69, 9.17) is 4.74 Å². The zero-order valence-corrected chi connectivity index (χ0v) is 12.9. The molecular formula is C15H18N2O2S. The van der Waals surface area contributed by atoms with E-state index >= 15 is 0 Å². The molecule has 5 heteroatoms. The van der Waals surface area contributed by atoms with Gasteiger partial charge in [0.2, 0.25) is 0 Å². The predicted molar refractivity (Wildman–Crippen MR) is 82.0 cm³/mol. The van der Waals surface area contributed by atoms with Crippen molar-refractivity contribution < 1.29 is 9.53 Å². The number of methoxy groups -OCH3 is 1. The fourth-order valence-corrected chi connectivity index (χ4v) is 2.74. The molecule has 0 amide bonds. The monoisotopic (exact) mass is 290 g/mol. The van der Waals surface area contributed by atoms with Crippen molar-refractivity contribution in [3.8, 4) is 0 Å². The average Bonchev–Trinajstić information content (AvgIpc) is 2.79. The summed E-state index contributed by atoms with van der Waals surface area (Å²) in [5.74, 6) is 0.129. The molecule has 0 spiro atoms. The topological polar surface area (TPSA) is 51.2 Å². The zero-order chi connectivity index (χ0) is 14.7. The fraction of sp³-hybridized carbons (Fsp3) is 0.333. The Morgan fingerprint density at radius 2 is 2.15 bits per heavy atom. The first-order chi connectivity index (χ1) is 9.51. The van der Waals surface area contributed by atoms with Crippen LogP contribution >= 0.6 is 11.3 Å². The highest BCUT2D eigenvalue weighted by Crippen LogP contribution is 2.27. The minimum Gasteiger partial charge on any atom is -0.465 e. The lowest BCUT2D eigenvalue weighted by Gasteiger charge is -2.08. The number of carbonyl (C=O) groups excluding carboxylic acids is 1. The number of esters is 1. The Morgan fingerprint density at radius 1 is 1.40 bits per heavy atom. The molecular weight excluding hydrogens is 272 g/mol. The molecule has 0 radical (unpaired) electrons. The molecule has 1 N–H and O–H groups in total. The predicted octanol–water partition coefficient (Wildman–Crippen LogP) is 4.11. The normalized spacial score (nSPS) is 10.7. The Labute approximate surface area is 122 Å². The Kier molecular flexibility index (Phi) is 4.39. The summed E-state index contributed by atoms with van der Waals surface area (Å²) in [6, 6.07) is 8.20. The molecule has 0 aliphatic carbocycles. The summed E-state index contributed by atoms with van der Waals surface area (Å²) in [4.78, 5) is 16.5. The minimum atomic E-state index is -0.344. The molecule has 0 fully saturated rings. The molecule has 106 valence electrons. The van der Waals surface area contributed by atoms with E-state index in [1.54, 1.807) is 6.92 Å². The first-order valence-corrected chi connectivity index (χ1v) is 7.25. The van der Waals surface area contributed by atoms with Gasteiger partial charge in [-0.1, -0.05) is 37.3 Å². The van der Waals surface area contributed by atoms with Crippen LogP contribution < -0.4 is 5.32 Å². The highest BCUT2D eigenvalue weighted by molar-refractivity contribution is 7.17. The molecule has 0 unspecified atom stereocenters. The number of thiazole rings is 1. The van der Waals surface area contributed by atoms with Crippen LogP contribution in [0.1, 0.15) is 40.7 Å². The van der Waals surface area contributed by atoms with Crippen molar-refractivity contribution >= 4 is 28.1 Å². The van der Waals surface area contributed by atoms with E-state index in [2.05, 4.69) is 36.3 Å². The highest BCUT2D eigenvalue weighted by atomic mass is 32.1. The van der Waals surface area contributed by atoms with Gasteiger partial charge in [-0.2, -0.15) is 0 Å². The molecule has 0 aliphatic heterocycles. The van der Waals surface area contributed by atoms with E-state index in [9.17, 15) is 4.79 Å². The zero-order valence-electron chi connectivity index (χ0n) is 12.1. The van der Waals surface area contributed by atoms with Crippen LogP contribution in [0, 0.1) is 6.92 Å². The van der Waals surface area contributed by atoms with Crippen LogP contribution in [-0.4, -0.2) is 18.1 Å². The molecule has 2 rings (SSSR count). The number of aryl methyl sites for hydroxylation is 1. The molecule has 1 aromatic carbocycles. The quantitative estimate of drug-likeness (QED) is 0.861. The summed E-state index contributed by atoms with van der Waals surface area (Å²) in [5.41, 5.74) is 2.92. The fourth-order valence-electron chi connectivity index (χ4n) is 1.83. The summed E-state index contributed by atoms with van der Waals surface area (Å²) in [7, 11) is 1.38. The van der Waals surface area contributed by atoms with E-state index < -0.39 is 0 Å². The van der Waals surface area contributed by atoms with Gasteiger partial charge in [0.05, 0.1) is 12.8 Å². The van der Waals surface area contributed by atoms with Gasteiger partial charge in [-0.25, -0.2) is 9.78 Å². The second-order valence-corrected chi connectivity index (χ2v) is 5.83. The Bertz CT molecular complexity index is 620.